The van der Waals surface area contributed by atoms with Gasteiger partial charge in [0.05, 0.1) is 36.8 Å². The number of ether oxygens (including phenoxy) is 3. The molecule has 53 heavy (non-hydrogen) atoms. The number of methoxy groups -OCH3 is 2. The maximum absolute atomic E-state index is 12.9. The van der Waals surface area contributed by atoms with Gasteiger partial charge in [0.1, 0.15) is 17.7 Å². The van der Waals surface area contributed by atoms with Crippen LogP contribution >= 0.6 is 0 Å². The highest BCUT2D eigenvalue weighted by atomic mass is 16.6. The van der Waals surface area contributed by atoms with E-state index in [1.54, 1.807) is 40.3 Å². The molecular weight excluding hydrogens is 680 g/mol. The number of pyridine rings is 1. The lowest BCUT2D eigenvalue weighted by Crippen LogP contribution is -2.59. The number of rotatable bonds is 10. The summed E-state index contributed by atoms with van der Waals surface area (Å²) in [6.45, 7) is 12.4. The minimum absolute atomic E-state index is 0.0298. The minimum atomic E-state index is -1.40. The van der Waals surface area contributed by atoms with E-state index >= 15 is 0 Å². The van der Waals surface area contributed by atoms with Crippen molar-refractivity contribution in [3.05, 3.63) is 59.9 Å². The number of nitrogens with zero attached hydrogens (tertiary/aromatic N) is 5. The third kappa shape index (κ3) is 7.51. The van der Waals surface area contributed by atoms with Crippen molar-refractivity contribution in [1.82, 2.24) is 25.0 Å². The van der Waals surface area contributed by atoms with E-state index in [9.17, 15) is 19.8 Å². The zero-order chi connectivity index (χ0) is 38.2. The average molecular weight is 731 g/mol. The Bertz CT molecular complexity index is 2010. The number of oxazole rings is 1. The van der Waals surface area contributed by atoms with Crippen LogP contribution in [0.4, 0.5) is 4.79 Å². The van der Waals surface area contributed by atoms with Crippen LogP contribution in [0.25, 0.3) is 33.5 Å². The number of aryl methyl sites for hydroxylation is 1. The average Bonchev–Trinajstić information content (AvgIpc) is 3.74. The minimum Gasteiger partial charge on any atom is -0.468 e. The fourth-order valence-electron chi connectivity index (χ4n) is 7.52. The van der Waals surface area contributed by atoms with Crippen molar-refractivity contribution >= 4 is 28.7 Å². The fraction of sp³-hybridized carbons (Fsp3) is 0.513. The molecule has 2 unspecified atom stereocenters. The first-order chi connectivity index (χ1) is 25.2. The normalized spacial score (nSPS) is 20.2. The number of carbonyl (C=O) groups is 2. The lowest BCUT2D eigenvalue weighted by molar-refractivity contribution is -0.148. The van der Waals surface area contributed by atoms with Crippen molar-refractivity contribution in [2.75, 3.05) is 27.4 Å². The topological polar surface area (TPSA) is 174 Å². The van der Waals surface area contributed by atoms with E-state index in [2.05, 4.69) is 45.1 Å². The number of hydrogen-bond acceptors (Lipinski definition) is 12. The van der Waals surface area contributed by atoms with Crippen molar-refractivity contribution in [3.63, 3.8) is 0 Å². The molecule has 3 aromatic heterocycles. The molecule has 1 fully saturated rings. The monoisotopic (exact) mass is 730 g/mol. The molecule has 4 atom stereocenters. The molecule has 1 aliphatic carbocycles. The van der Waals surface area contributed by atoms with E-state index in [1.807, 2.05) is 26.0 Å². The van der Waals surface area contributed by atoms with Gasteiger partial charge in [0.15, 0.2) is 12.0 Å². The van der Waals surface area contributed by atoms with Gasteiger partial charge in [-0.3, -0.25) is 9.78 Å². The molecule has 0 bridgehead atoms. The fourth-order valence-corrected chi connectivity index (χ4v) is 7.52. The molecule has 4 aromatic rings. The number of hydrazine groups is 1. The van der Waals surface area contributed by atoms with Gasteiger partial charge in [0.25, 0.3) is 0 Å². The number of aliphatic imine (C=N–C) groups is 1. The van der Waals surface area contributed by atoms with E-state index in [4.69, 9.17) is 23.6 Å². The first kappa shape index (κ1) is 38.3. The number of aromatic nitrogens is 3. The lowest BCUT2D eigenvalue weighted by atomic mass is 9.67. The molecule has 6 rings (SSSR count). The molecule has 14 heteroatoms. The van der Waals surface area contributed by atoms with Gasteiger partial charge in [0.2, 0.25) is 5.89 Å². The molecule has 14 nitrogen and oxygen atoms in total. The maximum atomic E-state index is 12.9. The van der Waals surface area contributed by atoms with Crippen LogP contribution in [0.1, 0.15) is 83.6 Å². The summed E-state index contributed by atoms with van der Waals surface area (Å²) in [5.74, 6) is 0.0187. The second-order valence-electron chi connectivity index (χ2n) is 15.2. The summed E-state index contributed by atoms with van der Waals surface area (Å²) in [6, 6.07) is 9.47. The maximum Gasteiger partial charge on any atom is 0.434 e. The highest BCUT2D eigenvalue weighted by molar-refractivity contribution is 5.98. The van der Waals surface area contributed by atoms with Crippen LogP contribution in [0, 0.1) is 5.41 Å². The van der Waals surface area contributed by atoms with Gasteiger partial charge < -0.3 is 33.4 Å². The number of fused-ring (bicyclic) bond motifs is 5. The quantitative estimate of drug-likeness (QED) is 0.137. The number of aliphatic hydroxyl groups excluding tert-OH is 2. The molecular formula is C39H50N6O8. The molecule has 4 heterocycles. The first-order valence-electron chi connectivity index (χ1n) is 18.0. The van der Waals surface area contributed by atoms with Crippen LogP contribution < -0.4 is 5.43 Å². The number of esters is 1. The zero-order valence-electron chi connectivity index (χ0n) is 31.7. The van der Waals surface area contributed by atoms with Crippen LogP contribution in [0.3, 0.4) is 0 Å². The van der Waals surface area contributed by atoms with Gasteiger partial charge in [-0.15, -0.1) is 0 Å². The Morgan fingerprint density at radius 3 is 2.60 bits per heavy atom. The van der Waals surface area contributed by atoms with Crippen LogP contribution in [-0.2, 0) is 32.0 Å². The Labute approximate surface area is 309 Å². The molecule has 0 saturated carbocycles. The molecule has 1 aromatic carbocycles. The SMILES string of the molecule is CCn1c2c(c3cc(-c4cnc(C/C(=N/C(=O)OC(C)(C)C)C(O)N5CCC[C@@H](C(=O)OC)N5)o4)ccc31)C(C(C)(C)CO)[C@H](OC)c1ncccc1-2. The predicted molar refractivity (Wildman–Crippen MR) is 198 cm³/mol. The molecule has 2 aliphatic rings. The van der Waals surface area contributed by atoms with E-state index in [0.29, 0.717) is 31.7 Å². The molecule has 1 saturated heterocycles. The number of amides is 1. The smallest absolute Gasteiger partial charge is 0.434 e. The Morgan fingerprint density at radius 1 is 1.15 bits per heavy atom. The molecule has 284 valence electrons. The van der Waals surface area contributed by atoms with Gasteiger partial charge in [-0.25, -0.2) is 20.2 Å². The molecule has 1 amide bonds. The summed E-state index contributed by atoms with van der Waals surface area (Å²) in [4.78, 5) is 38.6. The Kier molecular flexibility index (Phi) is 10.9. The largest absolute Gasteiger partial charge is 0.468 e. The van der Waals surface area contributed by atoms with Gasteiger partial charge in [-0.1, -0.05) is 13.8 Å². The first-order valence-corrected chi connectivity index (χ1v) is 18.0. The van der Waals surface area contributed by atoms with Gasteiger partial charge in [-0.2, -0.15) is 4.99 Å². The Balaban J connectivity index is 1.39. The van der Waals surface area contributed by atoms with Gasteiger partial charge in [-0.05, 0) is 81.8 Å². The van der Waals surface area contributed by atoms with Crippen LogP contribution in [0.15, 0.2) is 52.1 Å². The molecule has 0 radical (unpaired) electrons. The second-order valence-corrected chi connectivity index (χ2v) is 15.2. The number of hydrogen-bond donors (Lipinski definition) is 3. The summed E-state index contributed by atoms with van der Waals surface area (Å²) in [6.07, 6.45) is 1.74. The molecule has 3 N–H and O–H groups in total. The van der Waals surface area contributed by atoms with E-state index < -0.39 is 35.3 Å². The third-order valence-electron chi connectivity index (χ3n) is 9.99. The number of benzene rings is 1. The van der Waals surface area contributed by atoms with Crippen molar-refractivity contribution in [1.29, 1.82) is 0 Å². The Morgan fingerprint density at radius 2 is 1.92 bits per heavy atom. The summed E-state index contributed by atoms with van der Waals surface area (Å²) in [5, 5.41) is 24.6. The number of aliphatic hydroxyl groups is 2. The predicted octanol–water partition coefficient (Wildman–Crippen LogP) is 5.56. The van der Waals surface area contributed by atoms with Crippen molar-refractivity contribution < 1.29 is 38.4 Å². The summed E-state index contributed by atoms with van der Waals surface area (Å²) in [5.41, 5.74) is 7.42. The standard InChI is InChI=1S/C39H50N6O8/c1-9-44-27-15-14-22(18-24(27)30-31(39(5,6)21-46)34(50-7)32-23(33(30)44)12-10-16-40-32)28-20-41-29(52-28)19-26(42-37(49)53-38(2,3)4)35(47)45-17-11-13-25(43-45)36(48)51-8/h10,12,14-16,18,20,25,31,34-35,43,46-47H,9,11,13,17,19,21H2,1-8H3/b42-26-/t25-,31?,34-,35?/m0/s1. The van der Waals surface area contributed by atoms with Gasteiger partial charge >= 0.3 is 12.1 Å². The van der Waals surface area contributed by atoms with E-state index in [-0.39, 0.29) is 36.7 Å². The van der Waals surface area contributed by atoms with E-state index in [0.717, 1.165) is 39.0 Å². The highest BCUT2D eigenvalue weighted by Gasteiger charge is 2.46. The number of nitrogens with one attached hydrogen (secondary N) is 1. The van der Waals surface area contributed by atoms with Crippen molar-refractivity contribution in [2.24, 2.45) is 10.4 Å². The zero-order valence-corrected chi connectivity index (χ0v) is 31.7. The molecule has 1 aliphatic heterocycles. The van der Waals surface area contributed by atoms with Crippen molar-refractivity contribution in [2.45, 2.75) is 97.2 Å². The van der Waals surface area contributed by atoms with E-state index in [1.165, 1.54) is 12.1 Å². The van der Waals surface area contributed by atoms with Crippen LogP contribution in [0.2, 0.25) is 0 Å². The molecule has 0 spiro atoms. The third-order valence-corrected chi connectivity index (χ3v) is 9.99. The summed E-state index contributed by atoms with van der Waals surface area (Å²) >= 11 is 0. The lowest BCUT2D eigenvalue weighted by Gasteiger charge is -2.41. The van der Waals surface area contributed by atoms with Crippen LogP contribution in [0.5, 0.6) is 0 Å². The summed E-state index contributed by atoms with van der Waals surface area (Å²) < 4.78 is 25.1. The summed E-state index contributed by atoms with van der Waals surface area (Å²) in [7, 11) is 2.99. The van der Waals surface area contributed by atoms with Crippen molar-refractivity contribution in [3.8, 4) is 22.6 Å². The highest BCUT2D eigenvalue weighted by Crippen LogP contribution is 2.56. The van der Waals surface area contributed by atoms with Gasteiger partial charge in [0, 0.05) is 61.0 Å². The Hall–Kier alpha value is -4.47. The number of carbonyl (C=O) groups excluding carboxylic acids is 2. The second kappa shape index (κ2) is 15.1. The van der Waals surface area contributed by atoms with Crippen LogP contribution in [-0.4, -0.2) is 92.8 Å².